The lowest BCUT2D eigenvalue weighted by Crippen LogP contribution is -2.48. The fourth-order valence-electron chi connectivity index (χ4n) is 3.41. The van der Waals surface area contributed by atoms with Crippen molar-refractivity contribution in [2.75, 3.05) is 10.6 Å². The maximum Gasteiger partial charge on any atom is 0.244 e. The molecular weight excluding hydrogens is 384 g/mol. The number of hydrogen-bond donors (Lipinski definition) is 1. The van der Waals surface area contributed by atoms with E-state index in [1.807, 2.05) is 49.4 Å². The summed E-state index contributed by atoms with van der Waals surface area (Å²) in [6.07, 6.45) is 2.77. The molecule has 2 aromatic carbocycles. The number of anilines is 1. The first-order valence-electron chi connectivity index (χ1n) is 10.1. The van der Waals surface area contributed by atoms with E-state index >= 15 is 0 Å². The average Bonchev–Trinajstić information content (AvgIpc) is 2.67. The monoisotopic (exact) mass is 416 g/mol. The normalized spacial score (nSPS) is 13.7. The Morgan fingerprint density at radius 2 is 1.59 bits per heavy atom. The highest BCUT2D eigenvalue weighted by molar-refractivity contribution is 7.92. The molecule has 2 atom stereocenters. The summed E-state index contributed by atoms with van der Waals surface area (Å²) < 4.78 is 26.2. The van der Waals surface area contributed by atoms with Gasteiger partial charge in [0.1, 0.15) is 6.04 Å². The molecule has 0 radical (unpaired) electrons. The molecule has 0 saturated carbocycles. The third-order valence-electron chi connectivity index (χ3n) is 4.91. The van der Waals surface area contributed by atoms with Crippen molar-refractivity contribution >= 4 is 21.6 Å². The van der Waals surface area contributed by atoms with Crippen molar-refractivity contribution in [2.24, 2.45) is 5.92 Å². The molecule has 0 heterocycles. The van der Waals surface area contributed by atoms with E-state index in [9.17, 15) is 13.2 Å². The van der Waals surface area contributed by atoms with Gasteiger partial charge in [-0.15, -0.1) is 0 Å². The Balaban J connectivity index is 2.29. The minimum Gasteiger partial charge on any atom is -0.347 e. The van der Waals surface area contributed by atoms with E-state index in [4.69, 9.17) is 0 Å². The van der Waals surface area contributed by atoms with E-state index < -0.39 is 16.1 Å². The van der Waals surface area contributed by atoms with Crippen LogP contribution in [-0.2, 0) is 21.2 Å². The second-order valence-electron chi connectivity index (χ2n) is 7.86. The Hall–Kier alpha value is -2.34. The van der Waals surface area contributed by atoms with Crippen LogP contribution in [0.4, 0.5) is 5.69 Å². The van der Waals surface area contributed by atoms with E-state index in [-0.39, 0.29) is 11.9 Å². The van der Waals surface area contributed by atoms with Gasteiger partial charge in [-0.05, 0) is 48.9 Å². The van der Waals surface area contributed by atoms with Crippen molar-refractivity contribution in [1.82, 2.24) is 5.32 Å². The molecule has 0 aliphatic heterocycles. The van der Waals surface area contributed by atoms with Crippen LogP contribution in [0.15, 0.2) is 54.6 Å². The molecule has 29 heavy (non-hydrogen) atoms. The number of sulfonamides is 1. The lowest BCUT2D eigenvalue weighted by Gasteiger charge is -2.30. The van der Waals surface area contributed by atoms with Gasteiger partial charge in [0.15, 0.2) is 0 Å². The van der Waals surface area contributed by atoms with E-state index in [1.165, 1.54) is 4.31 Å². The molecule has 0 aromatic heterocycles. The van der Waals surface area contributed by atoms with E-state index in [1.54, 1.807) is 19.1 Å². The molecule has 6 heteroatoms. The van der Waals surface area contributed by atoms with Crippen LogP contribution in [-0.4, -0.2) is 26.6 Å². The zero-order chi connectivity index (χ0) is 21.6. The zero-order valence-electron chi connectivity index (χ0n) is 17.9. The molecule has 0 aliphatic rings. The second-order valence-corrected chi connectivity index (χ2v) is 9.72. The molecule has 0 unspecified atom stereocenters. The molecule has 5 nitrogen and oxygen atoms in total. The number of hydrogen-bond acceptors (Lipinski definition) is 3. The topological polar surface area (TPSA) is 66.5 Å². The molecule has 0 aliphatic carbocycles. The number of nitrogens with one attached hydrogen (secondary N) is 1. The van der Waals surface area contributed by atoms with Crippen molar-refractivity contribution in [1.29, 1.82) is 0 Å². The molecule has 0 spiro atoms. The largest absolute Gasteiger partial charge is 0.347 e. The number of nitrogens with zero attached hydrogens (tertiary/aromatic N) is 1. The molecule has 158 valence electrons. The summed E-state index contributed by atoms with van der Waals surface area (Å²) in [7, 11) is -3.63. The van der Waals surface area contributed by atoms with Gasteiger partial charge in [-0.25, -0.2) is 8.42 Å². The van der Waals surface area contributed by atoms with Gasteiger partial charge in [-0.3, -0.25) is 9.10 Å². The van der Waals surface area contributed by atoms with Gasteiger partial charge in [0.2, 0.25) is 15.9 Å². The van der Waals surface area contributed by atoms with E-state index in [2.05, 4.69) is 19.2 Å². The van der Waals surface area contributed by atoms with Crippen molar-refractivity contribution in [3.05, 3.63) is 65.7 Å². The van der Waals surface area contributed by atoms with Crippen LogP contribution >= 0.6 is 0 Å². The first-order chi connectivity index (χ1) is 13.6. The predicted molar refractivity (Wildman–Crippen MR) is 119 cm³/mol. The van der Waals surface area contributed by atoms with Crippen LogP contribution in [0.5, 0.6) is 0 Å². The quantitative estimate of drug-likeness (QED) is 0.662. The van der Waals surface area contributed by atoms with Crippen LogP contribution in [0.1, 0.15) is 51.3 Å². The summed E-state index contributed by atoms with van der Waals surface area (Å²) in [5.41, 5.74) is 2.62. The lowest BCUT2D eigenvalue weighted by molar-refractivity contribution is -0.122. The Kier molecular flexibility index (Phi) is 7.85. The Morgan fingerprint density at radius 1 is 1.00 bits per heavy atom. The van der Waals surface area contributed by atoms with Gasteiger partial charge >= 0.3 is 0 Å². The molecule has 0 saturated heterocycles. The third kappa shape index (κ3) is 6.32. The number of rotatable bonds is 9. The SMILES string of the molecule is CCc1ccc(N([C@H](C)C(=O)N[C@H](CC(C)C)c2ccccc2)S(C)(=O)=O)cc1. The molecule has 0 fully saturated rings. The number of benzene rings is 2. The maximum atomic E-state index is 13.1. The first-order valence-corrected chi connectivity index (χ1v) is 11.9. The number of aryl methyl sites for hydroxylation is 1. The van der Waals surface area contributed by atoms with Crippen molar-refractivity contribution < 1.29 is 13.2 Å². The molecule has 2 aromatic rings. The van der Waals surface area contributed by atoms with Gasteiger partial charge in [0, 0.05) is 0 Å². The third-order valence-corrected chi connectivity index (χ3v) is 6.15. The number of carbonyl (C=O) groups is 1. The van der Waals surface area contributed by atoms with Gasteiger partial charge in [-0.2, -0.15) is 0 Å². The summed E-state index contributed by atoms with van der Waals surface area (Å²) in [4.78, 5) is 13.1. The lowest BCUT2D eigenvalue weighted by atomic mass is 9.96. The molecular formula is C23H32N2O3S. The van der Waals surface area contributed by atoms with Gasteiger partial charge in [-0.1, -0.05) is 63.2 Å². The zero-order valence-corrected chi connectivity index (χ0v) is 18.7. The van der Waals surface area contributed by atoms with E-state index in [0.29, 0.717) is 11.6 Å². The van der Waals surface area contributed by atoms with Crippen LogP contribution in [0.25, 0.3) is 0 Å². The standard InChI is InChI=1S/C23H32N2O3S/c1-6-19-12-14-21(15-13-19)25(29(5,27)28)18(4)23(26)24-22(16-17(2)3)20-10-8-7-9-11-20/h7-15,17-18,22H,6,16H2,1-5H3,(H,24,26)/t18-,22-/m1/s1. The van der Waals surface area contributed by atoms with Gasteiger partial charge < -0.3 is 5.32 Å². The molecule has 0 bridgehead atoms. The van der Waals surface area contributed by atoms with Crippen molar-refractivity contribution in [3.63, 3.8) is 0 Å². The maximum absolute atomic E-state index is 13.1. The van der Waals surface area contributed by atoms with Gasteiger partial charge in [0.05, 0.1) is 18.0 Å². The Bertz CT molecular complexity index is 893. The first kappa shape index (κ1) is 22.9. The second kappa shape index (κ2) is 9.92. The smallest absolute Gasteiger partial charge is 0.244 e. The van der Waals surface area contributed by atoms with Crippen molar-refractivity contribution in [3.8, 4) is 0 Å². The summed E-state index contributed by atoms with van der Waals surface area (Å²) in [5, 5.41) is 3.06. The number of carbonyl (C=O) groups excluding carboxylic acids is 1. The van der Waals surface area contributed by atoms with Gasteiger partial charge in [0.25, 0.3) is 0 Å². The summed E-state index contributed by atoms with van der Waals surface area (Å²) in [6, 6.07) is 16.0. The van der Waals surface area contributed by atoms with E-state index in [0.717, 1.165) is 30.2 Å². The summed E-state index contributed by atoms with van der Waals surface area (Å²) >= 11 is 0. The van der Waals surface area contributed by atoms with Crippen LogP contribution in [0.2, 0.25) is 0 Å². The molecule has 1 N–H and O–H groups in total. The molecule has 2 rings (SSSR count). The Morgan fingerprint density at radius 3 is 2.07 bits per heavy atom. The van der Waals surface area contributed by atoms with Crippen LogP contribution in [0.3, 0.4) is 0 Å². The van der Waals surface area contributed by atoms with Crippen molar-refractivity contribution in [2.45, 2.75) is 52.6 Å². The fourth-order valence-corrected chi connectivity index (χ4v) is 4.59. The minimum atomic E-state index is -3.63. The Labute approximate surface area is 175 Å². The van der Waals surface area contributed by atoms with Crippen LogP contribution in [0, 0.1) is 5.92 Å². The summed E-state index contributed by atoms with van der Waals surface area (Å²) in [6.45, 7) is 7.87. The fraction of sp³-hybridized carbons (Fsp3) is 0.435. The molecule has 1 amide bonds. The predicted octanol–water partition coefficient (Wildman–Crippen LogP) is 4.31. The van der Waals surface area contributed by atoms with Crippen LogP contribution < -0.4 is 9.62 Å². The highest BCUT2D eigenvalue weighted by Crippen LogP contribution is 2.24. The number of amides is 1. The highest BCUT2D eigenvalue weighted by Gasteiger charge is 2.30. The summed E-state index contributed by atoms with van der Waals surface area (Å²) in [5.74, 6) is 0.0629. The average molecular weight is 417 g/mol. The highest BCUT2D eigenvalue weighted by atomic mass is 32.2. The minimum absolute atomic E-state index is 0.171.